The average molecular weight is 375 g/mol. The van der Waals surface area contributed by atoms with Crippen LogP contribution in [0.15, 0.2) is 29.3 Å². The first kappa shape index (κ1) is 20.5. The molecular weight excluding hydrogens is 350 g/mol. The highest BCUT2D eigenvalue weighted by molar-refractivity contribution is 5.79. The number of benzene rings is 1. The van der Waals surface area contributed by atoms with Crippen LogP contribution in [0.25, 0.3) is 0 Å². The minimum Gasteiger partial charge on any atom is -0.372 e. The van der Waals surface area contributed by atoms with Crippen molar-refractivity contribution in [2.75, 3.05) is 32.8 Å². The Labute approximate surface area is 151 Å². The third-order valence-corrected chi connectivity index (χ3v) is 4.21. The van der Waals surface area contributed by atoms with Gasteiger partial charge in [-0.15, -0.1) is 0 Å². The van der Waals surface area contributed by atoms with Gasteiger partial charge in [0.05, 0.1) is 6.54 Å². The molecule has 0 spiro atoms. The number of halogens is 4. The highest BCUT2D eigenvalue weighted by Crippen LogP contribution is 2.49. The van der Waals surface area contributed by atoms with Crippen molar-refractivity contribution in [3.63, 3.8) is 0 Å². The maximum Gasteiger partial charge on any atom is 0.411 e. The lowest BCUT2D eigenvalue weighted by atomic mass is 9.95. The number of hydrogen-bond donors (Lipinski definition) is 2. The van der Waals surface area contributed by atoms with Crippen molar-refractivity contribution in [2.45, 2.75) is 37.8 Å². The summed E-state index contributed by atoms with van der Waals surface area (Å²) < 4.78 is 54.5. The van der Waals surface area contributed by atoms with Gasteiger partial charge in [-0.05, 0) is 37.8 Å². The number of aliphatic imine (C=N–C) groups is 1. The fraction of sp³-hybridized carbons (Fsp3) is 0.611. The molecule has 8 heteroatoms. The SMILES string of the molecule is CCNC(=NCC1(c2ccccc2F)CC1)NCCCOCC(F)(F)F. The Bertz CT molecular complexity index is 600. The van der Waals surface area contributed by atoms with E-state index in [-0.39, 0.29) is 17.8 Å². The van der Waals surface area contributed by atoms with Gasteiger partial charge in [-0.1, -0.05) is 18.2 Å². The summed E-state index contributed by atoms with van der Waals surface area (Å²) in [4.78, 5) is 4.53. The van der Waals surface area contributed by atoms with Gasteiger partial charge in [0.25, 0.3) is 0 Å². The molecule has 0 bridgehead atoms. The fourth-order valence-electron chi connectivity index (χ4n) is 2.70. The van der Waals surface area contributed by atoms with Crippen LogP contribution in [-0.2, 0) is 10.2 Å². The van der Waals surface area contributed by atoms with Gasteiger partial charge in [0.15, 0.2) is 5.96 Å². The molecule has 1 aromatic rings. The lowest BCUT2D eigenvalue weighted by molar-refractivity contribution is -0.173. The quantitative estimate of drug-likeness (QED) is 0.301. The Morgan fingerprint density at radius 1 is 1.23 bits per heavy atom. The van der Waals surface area contributed by atoms with Crippen molar-refractivity contribution in [2.24, 2.45) is 4.99 Å². The van der Waals surface area contributed by atoms with Crippen molar-refractivity contribution in [3.05, 3.63) is 35.6 Å². The van der Waals surface area contributed by atoms with Gasteiger partial charge in [0.2, 0.25) is 0 Å². The maximum absolute atomic E-state index is 14.0. The van der Waals surface area contributed by atoms with Crippen LogP contribution >= 0.6 is 0 Å². The van der Waals surface area contributed by atoms with E-state index in [4.69, 9.17) is 0 Å². The van der Waals surface area contributed by atoms with Crippen molar-refractivity contribution in [1.29, 1.82) is 0 Å². The van der Waals surface area contributed by atoms with Crippen LogP contribution in [0.1, 0.15) is 31.7 Å². The second-order valence-corrected chi connectivity index (χ2v) is 6.40. The molecule has 2 N–H and O–H groups in total. The molecule has 2 rings (SSSR count). The third-order valence-electron chi connectivity index (χ3n) is 4.21. The summed E-state index contributed by atoms with van der Waals surface area (Å²) in [6.07, 6.45) is -2.09. The van der Waals surface area contributed by atoms with Crippen LogP contribution in [0.2, 0.25) is 0 Å². The number of rotatable bonds is 9. The molecule has 1 fully saturated rings. The number of alkyl halides is 3. The van der Waals surface area contributed by atoms with Crippen molar-refractivity contribution in [3.8, 4) is 0 Å². The fourth-order valence-corrected chi connectivity index (χ4v) is 2.70. The van der Waals surface area contributed by atoms with Gasteiger partial charge in [0.1, 0.15) is 12.4 Å². The van der Waals surface area contributed by atoms with E-state index < -0.39 is 12.8 Å². The molecule has 0 heterocycles. The van der Waals surface area contributed by atoms with Gasteiger partial charge in [-0.25, -0.2) is 4.39 Å². The van der Waals surface area contributed by atoms with Crippen molar-refractivity contribution < 1.29 is 22.3 Å². The van der Waals surface area contributed by atoms with Crippen LogP contribution in [-0.4, -0.2) is 45.0 Å². The summed E-state index contributed by atoms with van der Waals surface area (Å²) >= 11 is 0. The van der Waals surface area contributed by atoms with Crippen LogP contribution in [0.4, 0.5) is 17.6 Å². The van der Waals surface area contributed by atoms with Gasteiger partial charge < -0.3 is 15.4 Å². The van der Waals surface area contributed by atoms with Gasteiger partial charge >= 0.3 is 6.18 Å². The van der Waals surface area contributed by atoms with E-state index in [1.807, 2.05) is 13.0 Å². The molecule has 1 aliphatic rings. The van der Waals surface area contributed by atoms with Gasteiger partial charge in [-0.3, -0.25) is 4.99 Å². The van der Waals surface area contributed by atoms with Crippen LogP contribution in [0.5, 0.6) is 0 Å². The van der Waals surface area contributed by atoms with E-state index in [0.717, 1.165) is 12.8 Å². The molecule has 146 valence electrons. The van der Waals surface area contributed by atoms with E-state index in [2.05, 4.69) is 20.4 Å². The lowest BCUT2D eigenvalue weighted by Crippen LogP contribution is -2.38. The maximum atomic E-state index is 14.0. The highest BCUT2D eigenvalue weighted by atomic mass is 19.4. The van der Waals surface area contributed by atoms with Gasteiger partial charge in [-0.2, -0.15) is 13.2 Å². The van der Waals surface area contributed by atoms with E-state index in [1.54, 1.807) is 12.1 Å². The van der Waals surface area contributed by atoms with Gasteiger partial charge in [0, 0.05) is 25.1 Å². The normalized spacial score (nSPS) is 16.4. The number of nitrogens with zero attached hydrogens (tertiary/aromatic N) is 1. The molecule has 0 atom stereocenters. The number of guanidine groups is 1. The molecular formula is C18H25F4N3O. The smallest absolute Gasteiger partial charge is 0.372 e. The van der Waals surface area contributed by atoms with E-state index >= 15 is 0 Å². The minimum atomic E-state index is -4.30. The van der Waals surface area contributed by atoms with Crippen molar-refractivity contribution in [1.82, 2.24) is 10.6 Å². The molecule has 0 radical (unpaired) electrons. The molecule has 0 aromatic heterocycles. The summed E-state index contributed by atoms with van der Waals surface area (Å²) in [7, 11) is 0. The molecule has 26 heavy (non-hydrogen) atoms. The summed E-state index contributed by atoms with van der Waals surface area (Å²) in [6.45, 7) is 2.28. The van der Waals surface area contributed by atoms with E-state index in [0.29, 0.717) is 37.6 Å². The first-order valence-electron chi connectivity index (χ1n) is 8.78. The lowest BCUT2D eigenvalue weighted by Gasteiger charge is -2.16. The van der Waals surface area contributed by atoms with Crippen molar-refractivity contribution >= 4 is 5.96 Å². The highest BCUT2D eigenvalue weighted by Gasteiger charge is 2.45. The Balaban J connectivity index is 1.81. The van der Waals surface area contributed by atoms with Crippen LogP contribution in [0, 0.1) is 5.82 Å². The first-order chi connectivity index (χ1) is 12.4. The standard InChI is InChI=1S/C18H25F4N3O/c1-2-23-16(24-10-5-11-26-13-18(20,21)22)25-12-17(8-9-17)14-6-3-4-7-15(14)19/h3-4,6-7H,2,5,8-13H2,1H3,(H2,23,24,25). The Morgan fingerprint density at radius 2 is 1.96 bits per heavy atom. The monoisotopic (exact) mass is 375 g/mol. The Hall–Kier alpha value is -1.83. The molecule has 0 amide bonds. The Morgan fingerprint density at radius 3 is 2.58 bits per heavy atom. The second-order valence-electron chi connectivity index (χ2n) is 6.40. The molecule has 0 unspecified atom stereocenters. The van der Waals surface area contributed by atoms with Crippen LogP contribution < -0.4 is 10.6 Å². The number of nitrogens with one attached hydrogen (secondary N) is 2. The predicted molar refractivity (Wildman–Crippen MR) is 92.8 cm³/mol. The summed E-state index contributed by atoms with van der Waals surface area (Å²) in [5, 5.41) is 6.16. The minimum absolute atomic E-state index is 0.0189. The second kappa shape index (κ2) is 9.21. The zero-order valence-corrected chi connectivity index (χ0v) is 14.8. The average Bonchev–Trinajstić information content (AvgIpc) is 3.36. The summed E-state index contributed by atoms with van der Waals surface area (Å²) in [5.74, 6) is 0.367. The largest absolute Gasteiger partial charge is 0.411 e. The number of ether oxygens (including phenoxy) is 1. The zero-order valence-electron chi connectivity index (χ0n) is 14.8. The molecule has 1 aromatic carbocycles. The summed E-state index contributed by atoms with van der Waals surface area (Å²) in [5.41, 5.74) is 0.448. The first-order valence-corrected chi connectivity index (χ1v) is 8.78. The van der Waals surface area contributed by atoms with E-state index in [1.165, 1.54) is 6.07 Å². The molecule has 0 saturated heterocycles. The summed E-state index contributed by atoms with van der Waals surface area (Å²) in [6, 6.07) is 6.76. The molecule has 4 nitrogen and oxygen atoms in total. The molecule has 1 saturated carbocycles. The topological polar surface area (TPSA) is 45.7 Å². The number of hydrogen-bond acceptors (Lipinski definition) is 2. The third kappa shape index (κ3) is 6.48. The Kier molecular flexibility index (Phi) is 7.25. The molecule has 1 aliphatic carbocycles. The predicted octanol–water partition coefficient (Wildman–Crippen LogP) is 3.38. The molecule has 0 aliphatic heterocycles. The van der Waals surface area contributed by atoms with E-state index in [9.17, 15) is 17.6 Å². The zero-order chi connectivity index (χ0) is 19.0. The van der Waals surface area contributed by atoms with Crippen LogP contribution in [0.3, 0.4) is 0 Å².